The standard InChI is InChI=1S/C15H17NO7/c1-10(8-9-17)21-11-2-4-12(5-3-11)22-15(20)23-16-13(18)6-7-14(16)19/h2-5,10,17H,6-9H2,1H3. The molecule has 0 spiro atoms. The van der Waals surface area contributed by atoms with Crippen LogP contribution < -0.4 is 9.47 Å². The van der Waals surface area contributed by atoms with Crippen LogP contribution in [0.2, 0.25) is 0 Å². The molecular formula is C15H17NO7. The van der Waals surface area contributed by atoms with Gasteiger partial charge >= 0.3 is 6.16 Å². The summed E-state index contributed by atoms with van der Waals surface area (Å²) in [7, 11) is 0. The first kappa shape index (κ1) is 16.8. The molecule has 1 heterocycles. The van der Waals surface area contributed by atoms with E-state index >= 15 is 0 Å². The SMILES string of the molecule is CC(CCO)Oc1ccc(OC(=O)ON2C(=O)CCC2=O)cc1. The highest BCUT2D eigenvalue weighted by Gasteiger charge is 2.33. The highest BCUT2D eigenvalue weighted by atomic mass is 16.8. The number of ether oxygens (including phenoxy) is 2. The summed E-state index contributed by atoms with van der Waals surface area (Å²) in [5, 5.41) is 9.22. The van der Waals surface area contributed by atoms with E-state index in [1.165, 1.54) is 12.1 Å². The highest BCUT2D eigenvalue weighted by molar-refractivity contribution is 6.01. The average Bonchev–Trinajstić information content (AvgIpc) is 2.81. The maximum atomic E-state index is 11.6. The second-order valence-electron chi connectivity index (χ2n) is 4.94. The average molecular weight is 323 g/mol. The number of amides is 2. The third-order valence-electron chi connectivity index (χ3n) is 3.07. The van der Waals surface area contributed by atoms with Gasteiger partial charge in [-0.3, -0.25) is 14.4 Å². The molecule has 1 unspecified atom stereocenters. The Morgan fingerprint density at radius 2 is 1.74 bits per heavy atom. The molecule has 1 aliphatic heterocycles. The minimum absolute atomic E-state index is 0.0180. The largest absolute Gasteiger partial charge is 0.539 e. The summed E-state index contributed by atoms with van der Waals surface area (Å²) in [6.45, 7) is 1.85. The van der Waals surface area contributed by atoms with Crippen molar-refractivity contribution in [2.45, 2.75) is 32.3 Å². The molecule has 0 radical (unpaired) electrons. The Morgan fingerprint density at radius 3 is 2.30 bits per heavy atom. The van der Waals surface area contributed by atoms with Crippen LogP contribution in [-0.4, -0.2) is 40.9 Å². The number of rotatable bonds is 6. The molecular weight excluding hydrogens is 306 g/mol. The van der Waals surface area contributed by atoms with E-state index in [0.29, 0.717) is 17.2 Å². The van der Waals surface area contributed by atoms with Crippen LogP contribution in [0, 0.1) is 0 Å². The van der Waals surface area contributed by atoms with Crippen molar-refractivity contribution < 1.29 is 33.8 Å². The molecule has 1 aromatic carbocycles. The quantitative estimate of drug-likeness (QED) is 0.480. The summed E-state index contributed by atoms with van der Waals surface area (Å²) >= 11 is 0. The number of carbonyl (C=O) groups is 3. The molecule has 0 aliphatic carbocycles. The maximum absolute atomic E-state index is 11.6. The van der Waals surface area contributed by atoms with Gasteiger partial charge in [-0.25, -0.2) is 4.79 Å². The third kappa shape index (κ3) is 4.68. The van der Waals surface area contributed by atoms with Crippen molar-refractivity contribution >= 4 is 18.0 Å². The zero-order chi connectivity index (χ0) is 16.8. The molecule has 1 aromatic rings. The van der Waals surface area contributed by atoms with Crippen LogP contribution in [0.5, 0.6) is 11.5 Å². The smallest absolute Gasteiger partial charge is 0.491 e. The van der Waals surface area contributed by atoms with Crippen LogP contribution in [0.15, 0.2) is 24.3 Å². The molecule has 124 valence electrons. The Balaban J connectivity index is 1.86. The molecule has 1 saturated heterocycles. The van der Waals surface area contributed by atoms with E-state index < -0.39 is 18.0 Å². The van der Waals surface area contributed by atoms with Crippen LogP contribution >= 0.6 is 0 Å². The van der Waals surface area contributed by atoms with Gasteiger partial charge in [-0.1, -0.05) is 5.06 Å². The van der Waals surface area contributed by atoms with Crippen LogP contribution in [0.3, 0.4) is 0 Å². The Morgan fingerprint density at radius 1 is 1.17 bits per heavy atom. The van der Waals surface area contributed by atoms with E-state index in [1.54, 1.807) is 12.1 Å². The van der Waals surface area contributed by atoms with Crippen molar-refractivity contribution in [3.8, 4) is 11.5 Å². The number of hydrogen-bond acceptors (Lipinski definition) is 7. The topological polar surface area (TPSA) is 102 Å². The number of hydrogen-bond donors (Lipinski definition) is 1. The lowest BCUT2D eigenvalue weighted by atomic mass is 10.3. The second kappa shape index (κ2) is 7.59. The summed E-state index contributed by atoms with van der Waals surface area (Å²) in [6, 6.07) is 6.14. The molecule has 0 aromatic heterocycles. The molecule has 8 heteroatoms. The molecule has 1 N–H and O–H groups in total. The van der Waals surface area contributed by atoms with Gasteiger partial charge in [0.05, 0.1) is 6.10 Å². The lowest BCUT2D eigenvalue weighted by Crippen LogP contribution is -2.33. The van der Waals surface area contributed by atoms with Crippen LogP contribution in [0.4, 0.5) is 4.79 Å². The van der Waals surface area contributed by atoms with Gasteiger partial charge in [-0.05, 0) is 31.2 Å². The molecule has 1 fully saturated rings. The number of nitrogens with zero attached hydrogens (tertiary/aromatic N) is 1. The van der Waals surface area contributed by atoms with Crippen molar-refractivity contribution in [3.05, 3.63) is 24.3 Å². The first-order valence-electron chi connectivity index (χ1n) is 7.12. The van der Waals surface area contributed by atoms with Crippen molar-refractivity contribution in [3.63, 3.8) is 0 Å². The van der Waals surface area contributed by atoms with E-state index in [0.717, 1.165) is 0 Å². The van der Waals surface area contributed by atoms with Gasteiger partial charge in [0.1, 0.15) is 11.5 Å². The number of aliphatic hydroxyl groups is 1. The first-order chi connectivity index (χ1) is 11.0. The van der Waals surface area contributed by atoms with E-state index in [4.69, 9.17) is 14.6 Å². The van der Waals surface area contributed by atoms with Crippen LogP contribution in [0.25, 0.3) is 0 Å². The van der Waals surface area contributed by atoms with Gasteiger partial charge in [0, 0.05) is 25.9 Å². The lowest BCUT2D eigenvalue weighted by Gasteiger charge is -2.14. The molecule has 0 saturated carbocycles. The van der Waals surface area contributed by atoms with Crippen LogP contribution in [-0.2, 0) is 14.4 Å². The number of aliphatic hydroxyl groups excluding tert-OH is 1. The zero-order valence-electron chi connectivity index (χ0n) is 12.6. The minimum atomic E-state index is -1.17. The van der Waals surface area contributed by atoms with Gasteiger partial charge in [0.15, 0.2) is 0 Å². The van der Waals surface area contributed by atoms with E-state index in [2.05, 4.69) is 4.84 Å². The summed E-state index contributed by atoms with van der Waals surface area (Å²) < 4.78 is 10.4. The van der Waals surface area contributed by atoms with E-state index in [-0.39, 0.29) is 31.3 Å². The molecule has 23 heavy (non-hydrogen) atoms. The molecule has 2 amide bonds. The maximum Gasteiger partial charge on any atom is 0.539 e. The Hall–Kier alpha value is -2.61. The Labute approximate surface area is 132 Å². The summed E-state index contributed by atoms with van der Waals surface area (Å²) in [4.78, 5) is 38.8. The second-order valence-corrected chi connectivity index (χ2v) is 4.94. The Bertz CT molecular complexity index is 568. The monoisotopic (exact) mass is 323 g/mol. The van der Waals surface area contributed by atoms with E-state index in [9.17, 15) is 14.4 Å². The fourth-order valence-electron chi connectivity index (χ4n) is 1.91. The predicted molar refractivity (Wildman–Crippen MR) is 76.4 cm³/mol. The van der Waals surface area contributed by atoms with Gasteiger partial charge in [-0.2, -0.15) is 0 Å². The fourth-order valence-corrected chi connectivity index (χ4v) is 1.91. The van der Waals surface area contributed by atoms with Gasteiger partial charge in [-0.15, -0.1) is 0 Å². The molecule has 1 atom stereocenters. The lowest BCUT2D eigenvalue weighted by molar-refractivity contribution is -0.174. The highest BCUT2D eigenvalue weighted by Crippen LogP contribution is 2.20. The van der Waals surface area contributed by atoms with Crippen molar-refractivity contribution in [2.24, 2.45) is 0 Å². The van der Waals surface area contributed by atoms with Gasteiger partial charge in [0.25, 0.3) is 11.8 Å². The van der Waals surface area contributed by atoms with Gasteiger partial charge < -0.3 is 14.6 Å². The van der Waals surface area contributed by atoms with Gasteiger partial charge in [0.2, 0.25) is 0 Å². The predicted octanol–water partition coefficient (Wildman–Crippen LogP) is 1.42. The van der Waals surface area contributed by atoms with Crippen LogP contribution in [0.1, 0.15) is 26.2 Å². The fraction of sp³-hybridized carbons (Fsp3) is 0.400. The normalized spacial score (nSPS) is 15.5. The first-order valence-corrected chi connectivity index (χ1v) is 7.12. The molecule has 2 rings (SSSR count). The summed E-state index contributed by atoms with van der Waals surface area (Å²) in [6.07, 6.45) is -0.781. The van der Waals surface area contributed by atoms with Crippen molar-refractivity contribution in [1.29, 1.82) is 0 Å². The molecule has 0 bridgehead atoms. The third-order valence-corrected chi connectivity index (χ3v) is 3.07. The zero-order valence-corrected chi connectivity index (χ0v) is 12.6. The number of hydroxylamine groups is 2. The summed E-state index contributed by atoms with van der Waals surface area (Å²) in [5.41, 5.74) is 0. The minimum Gasteiger partial charge on any atom is -0.491 e. The Kier molecular flexibility index (Phi) is 5.53. The molecule has 1 aliphatic rings. The number of imide groups is 1. The molecule has 8 nitrogen and oxygen atoms in total. The summed E-state index contributed by atoms with van der Waals surface area (Å²) in [5.74, 6) is -0.421. The number of carbonyl (C=O) groups excluding carboxylic acids is 3. The van der Waals surface area contributed by atoms with Crippen molar-refractivity contribution in [2.75, 3.05) is 6.61 Å². The van der Waals surface area contributed by atoms with E-state index in [1.807, 2.05) is 6.92 Å². The number of benzene rings is 1. The van der Waals surface area contributed by atoms with Crippen molar-refractivity contribution in [1.82, 2.24) is 5.06 Å².